The van der Waals surface area contributed by atoms with Crippen molar-refractivity contribution in [3.63, 3.8) is 0 Å². The minimum atomic E-state index is -0.435. The lowest BCUT2D eigenvalue weighted by molar-refractivity contribution is -0.132. The van der Waals surface area contributed by atoms with Crippen LogP contribution in [0.15, 0.2) is 24.3 Å². The molecule has 26 heavy (non-hydrogen) atoms. The molecular formula is C18H24FN3O4. The predicted octanol–water partition coefficient (Wildman–Crippen LogP) is 1.87. The van der Waals surface area contributed by atoms with Crippen LogP contribution in [0.4, 0.5) is 14.9 Å². The van der Waals surface area contributed by atoms with Crippen molar-refractivity contribution in [2.45, 2.75) is 20.3 Å². The molecule has 7 nitrogen and oxygen atoms in total. The Balaban J connectivity index is 1.87. The number of hydrogen-bond acceptors (Lipinski definition) is 4. The van der Waals surface area contributed by atoms with E-state index in [0.717, 1.165) is 0 Å². The summed E-state index contributed by atoms with van der Waals surface area (Å²) in [6.07, 6.45) is -0.233. The van der Waals surface area contributed by atoms with Crippen LogP contribution >= 0.6 is 0 Å². The molecule has 0 aliphatic carbocycles. The minimum absolute atomic E-state index is 0.101. The molecule has 8 heteroatoms. The highest BCUT2D eigenvalue weighted by Gasteiger charge is 2.25. The second-order valence-electron chi connectivity index (χ2n) is 5.97. The van der Waals surface area contributed by atoms with E-state index in [-0.39, 0.29) is 30.9 Å². The van der Waals surface area contributed by atoms with Gasteiger partial charge in [0, 0.05) is 51.8 Å². The van der Waals surface area contributed by atoms with Crippen LogP contribution in [-0.4, -0.2) is 67.0 Å². The third-order valence-corrected chi connectivity index (χ3v) is 4.21. The van der Waals surface area contributed by atoms with Gasteiger partial charge in [0.15, 0.2) is 0 Å². The van der Waals surface area contributed by atoms with E-state index in [1.54, 1.807) is 22.8 Å². The molecule has 1 aromatic rings. The number of ether oxygens (including phenoxy) is 1. The van der Waals surface area contributed by atoms with E-state index in [9.17, 15) is 18.8 Å². The van der Waals surface area contributed by atoms with Gasteiger partial charge in [0.25, 0.3) is 0 Å². The first-order valence-corrected chi connectivity index (χ1v) is 8.65. The Morgan fingerprint density at radius 2 is 1.81 bits per heavy atom. The number of carbonyl (C=O) groups excluding carboxylic acids is 3. The monoisotopic (exact) mass is 365 g/mol. The third-order valence-electron chi connectivity index (χ3n) is 4.21. The standard InChI is InChI=1S/C18H24FN3O4/c1-3-26-18(25)21-11-9-20(10-12-21)17(24)7-8-22(14(2)23)16-6-4-5-15(19)13-16/h4-6,13H,3,7-12H2,1-2H3. The number of piperazine rings is 1. The van der Waals surface area contributed by atoms with Gasteiger partial charge in [-0.15, -0.1) is 0 Å². The van der Waals surface area contributed by atoms with Gasteiger partial charge in [0.2, 0.25) is 11.8 Å². The summed E-state index contributed by atoms with van der Waals surface area (Å²) < 4.78 is 18.3. The summed E-state index contributed by atoms with van der Waals surface area (Å²) in [4.78, 5) is 40.5. The van der Waals surface area contributed by atoms with Gasteiger partial charge in [-0.25, -0.2) is 9.18 Å². The molecule has 0 N–H and O–H groups in total. The molecule has 1 aromatic carbocycles. The lowest BCUT2D eigenvalue weighted by atomic mass is 10.2. The van der Waals surface area contributed by atoms with E-state index in [2.05, 4.69) is 0 Å². The highest BCUT2D eigenvalue weighted by molar-refractivity contribution is 5.92. The van der Waals surface area contributed by atoms with Gasteiger partial charge < -0.3 is 19.4 Å². The summed E-state index contributed by atoms with van der Waals surface area (Å²) in [5.41, 5.74) is 0.428. The van der Waals surface area contributed by atoms with Crippen LogP contribution < -0.4 is 4.90 Å². The molecule has 0 spiro atoms. The maximum atomic E-state index is 13.4. The average Bonchev–Trinajstić information content (AvgIpc) is 2.62. The van der Waals surface area contributed by atoms with E-state index < -0.39 is 5.82 Å². The van der Waals surface area contributed by atoms with Gasteiger partial charge in [-0.1, -0.05) is 6.07 Å². The molecule has 0 radical (unpaired) electrons. The summed E-state index contributed by atoms with van der Waals surface area (Å²) in [5.74, 6) is -0.790. The van der Waals surface area contributed by atoms with Crippen LogP contribution in [0.5, 0.6) is 0 Å². The molecule has 142 valence electrons. The Morgan fingerprint density at radius 1 is 1.15 bits per heavy atom. The van der Waals surface area contributed by atoms with E-state index in [1.165, 1.54) is 30.0 Å². The molecule has 0 unspecified atom stereocenters. The molecule has 3 amide bonds. The molecule has 1 aliphatic heterocycles. The number of carbonyl (C=O) groups is 3. The Hall–Kier alpha value is -2.64. The highest BCUT2D eigenvalue weighted by Crippen LogP contribution is 2.17. The van der Waals surface area contributed by atoms with Crippen molar-refractivity contribution in [2.24, 2.45) is 0 Å². The van der Waals surface area contributed by atoms with Crippen LogP contribution in [0.1, 0.15) is 20.3 Å². The third kappa shape index (κ3) is 5.18. The van der Waals surface area contributed by atoms with E-state index in [0.29, 0.717) is 38.5 Å². The second kappa shape index (κ2) is 9.17. The van der Waals surface area contributed by atoms with Crippen molar-refractivity contribution in [1.82, 2.24) is 9.80 Å². The molecule has 1 aliphatic rings. The Kier molecular flexibility index (Phi) is 6.94. The Morgan fingerprint density at radius 3 is 2.38 bits per heavy atom. The molecule has 2 rings (SSSR count). The fourth-order valence-corrected chi connectivity index (χ4v) is 2.83. The van der Waals surface area contributed by atoms with Crippen molar-refractivity contribution < 1.29 is 23.5 Å². The zero-order valence-electron chi connectivity index (χ0n) is 15.1. The van der Waals surface area contributed by atoms with Crippen molar-refractivity contribution in [3.8, 4) is 0 Å². The molecule has 1 fully saturated rings. The first-order chi connectivity index (χ1) is 12.4. The number of hydrogen-bond donors (Lipinski definition) is 0. The van der Waals surface area contributed by atoms with Crippen LogP contribution in [-0.2, 0) is 14.3 Å². The normalized spacial score (nSPS) is 14.1. The van der Waals surface area contributed by atoms with Gasteiger partial charge >= 0.3 is 6.09 Å². The number of anilines is 1. The lowest BCUT2D eigenvalue weighted by Gasteiger charge is -2.34. The van der Waals surface area contributed by atoms with Crippen molar-refractivity contribution in [1.29, 1.82) is 0 Å². The maximum Gasteiger partial charge on any atom is 0.409 e. The molecular weight excluding hydrogens is 341 g/mol. The number of nitrogens with zero attached hydrogens (tertiary/aromatic N) is 3. The summed E-state index contributed by atoms with van der Waals surface area (Å²) >= 11 is 0. The summed E-state index contributed by atoms with van der Waals surface area (Å²) in [7, 11) is 0. The van der Waals surface area contributed by atoms with Crippen molar-refractivity contribution >= 4 is 23.6 Å². The van der Waals surface area contributed by atoms with Crippen LogP contribution in [0, 0.1) is 5.82 Å². The fraction of sp³-hybridized carbons (Fsp3) is 0.500. The topological polar surface area (TPSA) is 70.2 Å². The zero-order chi connectivity index (χ0) is 19.1. The second-order valence-corrected chi connectivity index (χ2v) is 5.97. The fourth-order valence-electron chi connectivity index (χ4n) is 2.83. The van der Waals surface area contributed by atoms with Crippen molar-refractivity contribution in [3.05, 3.63) is 30.1 Å². The number of halogens is 1. The first-order valence-electron chi connectivity index (χ1n) is 8.65. The number of amides is 3. The average molecular weight is 365 g/mol. The van der Waals surface area contributed by atoms with Gasteiger partial charge in [0.1, 0.15) is 5.82 Å². The smallest absolute Gasteiger partial charge is 0.409 e. The molecule has 0 aromatic heterocycles. The highest BCUT2D eigenvalue weighted by atomic mass is 19.1. The summed E-state index contributed by atoms with van der Waals surface area (Å²) in [6, 6.07) is 5.73. The minimum Gasteiger partial charge on any atom is -0.450 e. The maximum absolute atomic E-state index is 13.4. The zero-order valence-corrected chi connectivity index (χ0v) is 15.1. The number of benzene rings is 1. The molecule has 0 bridgehead atoms. The molecule has 0 saturated carbocycles. The summed E-state index contributed by atoms with van der Waals surface area (Å²) in [5, 5.41) is 0. The van der Waals surface area contributed by atoms with Crippen LogP contribution in [0.3, 0.4) is 0 Å². The van der Waals surface area contributed by atoms with Gasteiger partial charge in [0.05, 0.1) is 6.61 Å². The van der Waals surface area contributed by atoms with Crippen LogP contribution in [0.25, 0.3) is 0 Å². The van der Waals surface area contributed by atoms with Gasteiger partial charge in [-0.2, -0.15) is 0 Å². The largest absolute Gasteiger partial charge is 0.450 e. The quantitative estimate of drug-likeness (QED) is 0.799. The first kappa shape index (κ1) is 19.7. The van der Waals surface area contributed by atoms with E-state index in [4.69, 9.17) is 4.74 Å². The Labute approximate surface area is 152 Å². The SMILES string of the molecule is CCOC(=O)N1CCN(C(=O)CCN(C(C)=O)c2cccc(F)c2)CC1. The van der Waals surface area contributed by atoms with Crippen LogP contribution in [0.2, 0.25) is 0 Å². The van der Waals surface area contributed by atoms with Gasteiger partial charge in [-0.05, 0) is 25.1 Å². The molecule has 1 heterocycles. The number of rotatable bonds is 5. The molecule has 0 atom stereocenters. The summed E-state index contributed by atoms with van der Waals surface area (Å²) in [6.45, 7) is 5.32. The lowest BCUT2D eigenvalue weighted by Crippen LogP contribution is -2.51. The predicted molar refractivity (Wildman–Crippen MR) is 94.2 cm³/mol. The van der Waals surface area contributed by atoms with E-state index >= 15 is 0 Å². The molecule has 1 saturated heterocycles. The van der Waals surface area contributed by atoms with Gasteiger partial charge in [-0.3, -0.25) is 9.59 Å². The Bertz CT molecular complexity index is 660. The van der Waals surface area contributed by atoms with E-state index in [1.807, 2.05) is 0 Å². The van der Waals surface area contributed by atoms with Crippen molar-refractivity contribution in [2.75, 3.05) is 44.2 Å².